The molecule has 1 unspecified atom stereocenters. The molecular formula is C19H25N5O2. The Kier molecular flexibility index (Phi) is 4.19. The van der Waals surface area contributed by atoms with Gasteiger partial charge in [0.15, 0.2) is 0 Å². The van der Waals surface area contributed by atoms with Crippen LogP contribution in [0.1, 0.15) is 38.3 Å². The SMILES string of the molecule is C[C@@H]1CN(c2ccc3c(C4CCC(=O)NC4=O)nn(C)c3c2)C[C@H](C)N1. The lowest BCUT2D eigenvalue weighted by molar-refractivity contribution is -0.134. The van der Waals surface area contributed by atoms with E-state index < -0.39 is 0 Å². The Bertz CT molecular complexity index is 864. The van der Waals surface area contributed by atoms with Crippen molar-refractivity contribution >= 4 is 28.4 Å². The minimum Gasteiger partial charge on any atom is -0.368 e. The second-order valence-corrected chi connectivity index (χ2v) is 7.59. The maximum absolute atomic E-state index is 12.2. The summed E-state index contributed by atoms with van der Waals surface area (Å²) >= 11 is 0. The molecule has 26 heavy (non-hydrogen) atoms. The van der Waals surface area contributed by atoms with Crippen molar-refractivity contribution in [2.75, 3.05) is 18.0 Å². The van der Waals surface area contributed by atoms with Crippen molar-refractivity contribution in [3.05, 3.63) is 23.9 Å². The average Bonchev–Trinajstić information content (AvgIpc) is 2.90. The van der Waals surface area contributed by atoms with Crippen LogP contribution in [0, 0.1) is 0 Å². The highest BCUT2D eigenvalue weighted by atomic mass is 16.2. The van der Waals surface area contributed by atoms with Crippen LogP contribution in [0.5, 0.6) is 0 Å². The molecule has 2 aliphatic heterocycles. The minimum atomic E-state index is -0.360. The molecule has 2 N–H and O–H groups in total. The first-order chi connectivity index (χ1) is 12.4. The summed E-state index contributed by atoms with van der Waals surface area (Å²) in [6, 6.07) is 7.22. The average molecular weight is 355 g/mol. The number of rotatable bonds is 2. The van der Waals surface area contributed by atoms with Gasteiger partial charge in [0.05, 0.1) is 17.1 Å². The standard InChI is InChI=1S/C19H25N5O2/c1-11-9-24(10-12(2)20-11)13-4-5-14-16(8-13)23(3)22-18(14)15-6-7-17(25)21-19(15)26/h4-5,8,11-12,15,20H,6-7,9-10H2,1-3H3,(H,21,25,26)/t11-,12+,15?. The van der Waals surface area contributed by atoms with E-state index in [1.807, 2.05) is 11.7 Å². The van der Waals surface area contributed by atoms with Crippen LogP contribution in [0.2, 0.25) is 0 Å². The second kappa shape index (κ2) is 6.39. The molecule has 138 valence electrons. The number of piperidine rings is 1. The number of piperazine rings is 1. The van der Waals surface area contributed by atoms with Crippen molar-refractivity contribution in [3.8, 4) is 0 Å². The fourth-order valence-electron chi connectivity index (χ4n) is 4.22. The highest BCUT2D eigenvalue weighted by Gasteiger charge is 2.31. The zero-order chi connectivity index (χ0) is 18.4. The second-order valence-electron chi connectivity index (χ2n) is 7.59. The topological polar surface area (TPSA) is 79.3 Å². The Morgan fingerprint density at radius 3 is 2.58 bits per heavy atom. The van der Waals surface area contributed by atoms with E-state index in [2.05, 4.69) is 52.7 Å². The van der Waals surface area contributed by atoms with Crippen LogP contribution < -0.4 is 15.5 Å². The van der Waals surface area contributed by atoms with Crippen molar-refractivity contribution in [1.29, 1.82) is 0 Å². The maximum atomic E-state index is 12.2. The number of aryl methyl sites for hydroxylation is 1. The van der Waals surface area contributed by atoms with Crippen molar-refractivity contribution < 1.29 is 9.59 Å². The molecule has 2 saturated heterocycles. The maximum Gasteiger partial charge on any atom is 0.235 e. The Labute approximate surface area is 152 Å². The number of carbonyl (C=O) groups is 2. The molecule has 0 spiro atoms. The summed E-state index contributed by atoms with van der Waals surface area (Å²) in [7, 11) is 1.91. The van der Waals surface area contributed by atoms with Gasteiger partial charge in [0, 0.05) is 49.7 Å². The fraction of sp³-hybridized carbons (Fsp3) is 0.526. The van der Waals surface area contributed by atoms with E-state index in [4.69, 9.17) is 0 Å². The van der Waals surface area contributed by atoms with E-state index in [9.17, 15) is 9.59 Å². The molecule has 7 heteroatoms. The van der Waals surface area contributed by atoms with Gasteiger partial charge in [-0.2, -0.15) is 5.10 Å². The summed E-state index contributed by atoms with van der Waals surface area (Å²) in [6.07, 6.45) is 0.883. The number of aromatic nitrogens is 2. The summed E-state index contributed by atoms with van der Waals surface area (Å²) in [5.41, 5.74) is 2.96. The first kappa shape index (κ1) is 17.0. The number of amides is 2. The van der Waals surface area contributed by atoms with Crippen molar-refractivity contribution in [3.63, 3.8) is 0 Å². The van der Waals surface area contributed by atoms with Crippen molar-refractivity contribution in [2.24, 2.45) is 7.05 Å². The molecule has 0 radical (unpaired) electrons. The van der Waals surface area contributed by atoms with Crippen LogP contribution in [0.3, 0.4) is 0 Å². The lowest BCUT2D eigenvalue weighted by Gasteiger charge is -2.37. The molecule has 4 rings (SSSR count). The Hall–Kier alpha value is -2.41. The summed E-state index contributed by atoms with van der Waals surface area (Å²) in [4.78, 5) is 26.1. The van der Waals surface area contributed by atoms with E-state index in [-0.39, 0.29) is 17.7 Å². The number of benzene rings is 1. The first-order valence-corrected chi connectivity index (χ1v) is 9.23. The molecule has 0 saturated carbocycles. The quantitative estimate of drug-likeness (QED) is 0.794. The van der Waals surface area contributed by atoms with Gasteiger partial charge in [-0.15, -0.1) is 0 Å². The van der Waals surface area contributed by atoms with Gasteiger partial charge in [0.1, 0.15) is 0 Å². The number of fused-ring (bicyclic) bond motifs is 1. The molecule has 2 fully saturated rings. The third-order valence-corrected chi connectivity index (χ3v) is 5.36. The highest BCUT2D eigenvalue weighted by Crippen LogP contribution is 2.32. The summed E-state index contributed by atoms with van der Waals surface area (Å²) < 4.78 is 1.84. The van der Waals surface area contributed by atoms with Crippen LogP contribution in [0.25, 0.3) is 10.9 Å². The number of imide groups is 1. The number of hydrogen-bond acceptors (Lipinski definition) is 5. The zero-order valence-electron chi connectivity index (χ0n) is 15.5. The van der Waals surface area contributed by atoms with Gasteiger partial charge in [-0.3, -0.25) is 19.6 Å². The molecule has 0 aliphatic carbocycles. The van der Waals surface area contributed by atoms with Crippen molar-refractivity contribution in [1.82, 2.24) is 20.4 Å². The molecule has 2 amide bonds. The number of hydrogen-bond donors (Lipinski definition) is 2. The summed E-state index contributed by atoms with van der Waals surface area (Å²) in [6.45, 7) is 6.33. The number of anilines is 1. The van der Waals surface area contributed by atoms with Gasteiger partial charge in [-0.1, -0.05) is 0 Å². The van der Waals surface area contributed by atoms with Crippen molar-refractivity contribution in [2.45, 2.75) is 44.7 Å². The predicted molar refractivity (Wildman–Crippen MR) is 100 cm³/mol. The number of nitrogens with zero attached hydrogens (tertiary/aromatic N) is 3. The van der Waals surface area contributed by atoms with E-state index in [1.165, 1.54) is 5.69 Å². The third kappa shape index (κ3) is 2.96. The fourth-order valence-corrected chi connectivity index (χ4v) is 4.22. The first-order valence-electron chi connectivity index (χ1n) is 9.23. The van der Waals surface area contributed by atoms with E-state index in [0.717, 1.165) is 29.7 Å². The summed E-state index contributed by atoms with van der Waals surface area (Å²) in [5.74, 6) is -0.799. The van der Waals surface area contributed by atoms with Crippen LogP contribution >= 0.6 is 0 Å². The molecule has 7 nitrogen and oxygen atoms in total. The van der Waals surface area contributed by atoms with Gasteiger partial charge >= 0.3 is 0 Å². The Balaban J connectivity index is 1.69. The molecule has 3 atom stereocenters. The molecule has 3 heterocycles. The summed E-state index contributed by atoms with van der Waals surface area (Å²) in [5, 5.41) is 11.6. The molecule has 2 aliphatic rings. The van der Waals surface area contributed by atoms with Gasteiger partial charge in [0.25, 0.3) is 0 Å². The molecule has 1 aromatic carbocycles. The van der Waals surface area contributed by atoms with Gasteiger partial charge in [-0.25, -0.2) is 0 Å². The van der Waals surface area contributed by atoms with E-state index >= 15 is 0 Å². The van der Waals surface area contributed by atoms with Gasteiger partial charge in [-0.05, 0) is 38.5 Å². The van der Waals surface area contributed by atoms with Crippen LogP contribution in [-0.2, 0) is 16.6 Å². The van der Waals surface area contributed by atoms with Gasteiger partial charge in [0.2, 0.25) is 11.8 Å². The van der Waals surface area contributed by atoms with E-state index in [1.54, 1.807) is 0 Å². The lowest BCUT2D eigenvalue weighted by Crippen LogP contribution is -2.54. The predicted octanol–water partition coefficient (Wildman–Crippen LogP) is 1.28. The highest BCUT2D eigenvalue weighted by molar-refractivity contribution is 6.02. The normalized spacial score (nSPS) is 27.0. The smallest absolute Gasteiger partial charge is 0.235 e. The van der Waals surface area contributed by atoms with Crippen LogP contribution in [-0.4, -0.2) is 46.8 Å². The largest absolute Gasteiger partial charge is 0.368 e. The Morgan fingerprint density at radius 1 is 1.15 bits per heavy atom. The monoisotopic (exact) mass is 355 g/mol. The number of nitrogens with one attached hydrogen (secondary N) is 2. The minimum absolute atomic E-state index is 0.198. The van der Waals surface area contributed by atoms with Crippen LogP contribution in [0.15, 0.2) is 18.2 Å². The molecular weight excluding hydrogens is 330 g/mol. The molecule has 2 aromatic rings. The van der Waals surface area contributed by atoms with E-state index in [0.29, 0.717) is 24.9 Å². The third-order valence-electron chi connectivity index (χ3n) is 5.36. The molecule has 0 bridgehead atoms. The van der Waals surface area contributed by atoms with Crippen LogP contribution in [0.4, 0.5) is 5.69 Å². The number of carbonyl (C=O) groups excluding carboxylic acids is 2. The van der Waals surface area contributed by atoms with Gasteiger partial charge < -0.3 is 10.2 Å². The Morgan fingerprint density at radius 2 is 1.88 bits per heavy atom. The zero-order valence-corrected chi connectivity index (χ0v) is 15.5. The molecule has 1 aromatic heterocycles. The lowest BCUT2D eigenvalue weighted by atomic mass is 9.93.